The summed E-state index contributed by atoms with van der Waals surface area (Å²) in [4.78, 5) is 4.52. The van der Waals surface area contributed by atoms with Gasteiger partial charge in [0, 0.05) is 10.9 Å². The Morgan fingerprint density at radius 2 is 2.04 bits per heavy atom. The van der Waals surface area contributed by atoms with Crippen molar-refractivity contribution >= 4 is 22.7 Å². The third-order valence-corrected chi connectivity index (χ3v) is 4.29. The zero-order valence-corrected chi connectivity index (χ0v) is 15.3. The van der Waals surface area contributed by atoms with Gasteiger partial charge in [-0.05, 0) is 55.0 Å². The Bertz CT molecular complexity index is 891. The molecule has 0 spiro atoms. The van der Waals surface area contributed by atoms with E-state index in [0.717, 1.165) is 22.6 Å². The molecule has 1 aromatic heterocycles. The van der Waals surface area contributed by atoms with Crippen LogP contribution in [0.5, 0.6) is 17.2 Å². The first-order valence-electron chi connectivity index (χ1n) is 8.04. The fourth-order valence-corrected chi connectivity index (χ4v) is 2.93. The quantitative estimate of drug-likeness (QED) is 0.478. The second kappa shape index (κ2) is 8.35. The van der Waals surface area contributed by atoms with Gasteiger partial charge in [-0.3, -0.25) is 5.43 Å². The fraction of sp³-hybridized carbons (Fsp3) is 0.158. The van der Waals surface area contributed by atoms with E-state index < -0.39 is 0 Å². The van der Waals surface area contributed by atoms with E-state index in [-0.39, 0.29) is 5.75 Å². The molecule has 0 aliphatic heterocycles. The number of aromatic hydroxyl groups is 1. The number of ether oxygens (including phenoxy) is 2. The second-order valence-corrected chi connectivity index (χ2v) is 6.15. The van der Waals surface area contributed by atoms with Crippen LogP contribution in [0.1, 0.15) is 12.5 Å². The van der Waals surface area contributed by atoms with Crippen LogP contribution in [0.3, 0.4) is 0 Å². The van der Waals surface area contributed by atoms with Crippen LogP contribution in [-0.4, -0.2) is 30.0 Å². The van der Waals surface area contributed by atoms with E-state index in [2.05, 4.69) is 15.5 Å². The van der Waals surface area contributed by atoms with Gasteiger partial charge in [-0.25, -0.2) is 4.98 Å². The number of aromatic nitrogens is 1. The predicted octanol–water partition coefficient (Wildman–Crippen LogP) is 4.37. The van der Waals surface area contributed by atoms with Gasteiger partial charge >= 0.3 is 0 Å². The van der Waals surface area contributed by atoms with Crippen molar-refractivity contribution in [2.45, 2.75) is 6.92 Å². The summed E-state index contributed by atoms with van der Waals surface area (Å²) in [5.74, 6) is 1.36. The number of benzene rings is 2. The lowest BCUT2D eigenvalue weighted by Crippen LogP contribution is -1.94. The number of hydrazone groups is 1. The zero-order valence-electron chi connectivity index (χ0n) is 14.5. The minimum absolute atomic E-state index is 0.112. The van der Waals surface area contributed by atoms with Gasteiger partial charge in [-0.2, -0.15) is 5.10 Å². The molecule has 1 heterocycles. The zero-order chi connectivity index (χ0) is 18.4. The predicted molar refractivity (Wildman–Crippen MR) is 105 cm³/mol. The number of nitrogens with one attached hydrogen (secondary N) is 1. The van der Waals surface area contributed by atoms with E-state index >= 15 is 0 Å². The molecule has 0 atom stereocenters. The second-order valence-electron chi connectivity index (χ2n) is 5.30. The number of methoxy groups -OCH3 is 1. The molecule has 0 aliphatic carbocycles. The third-order valence-electron chi connectivity index (χ3n) is 3.55. The van der Waals surface area contributed by atoms with Crippen molar-refractivity contribution in [3.63, 3.8) is 0 Å². The molecule has 0 radical (unpaired) electrons. The lowest BCUT2D eigenvalue weighted by molar-refractivity contribution is 0.318. The first-order valence-corrected chi connectivity index (χ1v) is 8.92. The molecule has 0 amide bonds. The van der Waals surface area contributed by atoms with Crippen molar-refractivity contribution in [3.05, 3.63) is 53.4 Å². The normalized spacial score (nSPS) is 10.8. The average molecular weight is 369 g/mol. The Kier molecular flexibility index (Phi) is 5.70. The summed E-state index contributed by atoms with van der Waals surface area (Å²) in [6.45, 7) is 2.35. The monoisotopic (exact) mass is 369 g/mol. The van der Waals surface area contributed by atoms with E-state index in [4.69, 9.17) is 9.47 Å². The summed E-state index contributed by atoms with van der Waals surface area (Å²) >= 11 is 1.47. The van der Waals surface area contributed by atoms with Gasteiger partial charge in [0.1, 0.15) is 5.75 Å². The molecule has 7 heteroatoms. The maximum atomic E-state index is 9.71. The van der Waals surface area contributed by atoms with Crippen LogP contribution in [0, 0.1) is 0 Å². The molecule has 2 aromatic carbocycles. The van der Waals surface area contributed by atoms with Crippen LogP contribution in [0.2, 0.25) is 0 Å². The summed E-state index contributed by atoms with van der Waals surface area (Å²) in [5.41, 5.74) is 5.62. The van der Waals surface area contributed by atoms with Crippen LogP contribution >= 0.6 is 11.3 Å². The lowest BCUT2D eigenvalue weighted by atomic mass is 10.2. The van der Waals surface area contributed by atoms with Gasteiger partial charge in [0.15, 0.2) is 11.5 Å². The Labute approximate surface area is 155 Å². The molecule has 0 aliphatic rings. The number of phenolic OH excluding ortho intramolecular Hbond substituents is 1. The van der Waals surface area contributed by atoms with E-state index in [9.17, 15) is 5.11 Å². The fourth-order valence-electron chi connectivity index (χ4n) is 2.26. The minimum Gasteiger partial charge on any atom is -0.504 e. The number of hydrogen-bond donors (Lipinski definition) is 2. The van der Waals surface area contributed by atoms with Crippen molar-refractivity contribution in [2.75, 3.05) is 19.1 Å². The SMILES string of the molecule is CCOc1cc(/C=N/Nc2nc(-c3ccc(OC)cc3)cs2)ccc1O. The summed E-state index contributed by atoms with van der Waals surface area (Å²) in [7, 11) is 1.64. The van der Waals surface area contributed by atoms with Crippen molar-refractivity contribution in [2.24, 2.45) is 5.10 Å². The standard InChI is InChI=1S/C19H19N3O3S/c1-3-25-18-10-13(4-9-17(18)23)11-20-22-19-21-16(12-26-19)14-5-7-15(24-2)8-6-14/h4-12,23H,3H2,1-2H3,(H,21,22)/b20-11+. The number of thiazole rings is 1. The highest BCUT2D eigenvalue weighted by Crippen LogP contribution is 2.27. The Morgan fingerprint density at radius 1 is 1.23 bits per heavy atom. The van der Waals surface area contributed by atoms with Crippen molar-refractivity contribution in [3.8, 4) is 28.5 Å². The number of nitrogens with zero attached hydrogens (tertiary/aromatic N) is 2. The summed E-state index contributed by atoms with van der Waals surface area (Å²) < 4.78 is 10.5. The van der Waals surface area contributed by atoms with Gasteiger partial charge in [-0.15, -0.1) is 11.3 Å². The summed E-state index contributed by atoms with van der Waals surface area (Å²) in [5, 5.41) is 16.6. The van der Waals surface area contributed by atoms with Crippen molar-refractivity contribution in [1.82, 2.24) is 4.98 Å². The van der Waals surface area contributed by atoms with Crippen LogP contribution in [0.25, 0.3) is 11.3 Å². The van der Waals surface area contributed by atoms with E-state index in [1.165, 1.54) is 11.3 Å². The van der Waals surface area contributed by atoms with E-state index in [0.29, 0.717) is 17.5 Å². The number of rotatable bonds is 7. The molecule has 0 fully saturated rings. The van der Waals surface area contributed by atoms with Crippen molar-refractivity contribution in [1.29, 1.82) is 0 Å². The smallest absolute Gasteiger partial charge is 0.203 e. The molecule has 3 aromatic rings. The number of hydrogen-bond acceptors (Lipinski definition) is 7. The highest BCUT2D eigenvalue weighted by molar-refractivity contribution is 7.14. The van der Waals surface area contributed by atoms with Crippen LogP contribution in [0.4, 0.5) is 5.13 Å². The molecule has 0 saturated carbocycles. The molecule has 0 saturated heterocycles. The van der Waals surface area contributed by atoms with Gasteiger partial charge in [0.2, 0.25) is 5.13 Å². The van der Waals surface area contributed by atoms with Gasteiger partial charge in [0.05, 0.1) is 25.6 Å². The maximum Gasteiger partial charge on any atom is 0.203 e. The highest BCUT2D eigenvalue weighted by atomic mass is 32.1. The molecule has 2 N–H and O–H groups in total. The summed E-state index contributed by atoms with van der Waals surface area (Å²) in [6.07, 6.45) is 1.65. The molecule has 3 rings (SSSR count). The molecule has 134 valence electrons. The minimum atomic E-state index is 0.112. The highest BCUT2D eigenvalue weighted by Gasteiger charge is 2.05. The Balaban J connectivity index is 1.66. The molecular weight excluding hydrogens is 350 g/mol. The van der Waals surface area contributed by atoms with Gasteiger partial charge in [0.25, 0.3) is 0 Å². The molecular formula is C19H19N3O3S. The molecule has 0 unspecified atom stereocenters. The van der Waals surface area contributed by atoms with Crippen LogP contribution in [0.15, 0.2) is 52.9 Å². The maximum absolute atomic E-state index is 9.71. The number of phenols is 1. The summed E-state index contributed by atoms with van der Waals surface area (Å²) in [6, 6.07) is 12.8. The molecule has 6 nitrogen and oxygen atoms in total. The number of anilines is 1. The average Bonchev–Trinajstić information content (AvgIpc) is 3.13. The Hall–Kier alpha value is -3.06. The third kappa shape index (κ3) is 4.31. The van der Waals surface area contributed by atoms with Crippen LogP contribution in [-0.2, 0) is 0 Å². The van der Waals surface area contributed by atoms with E-state index in [1.807, 2.05) is 36.6 Å². The van der Waals surface area contributed by atoms with Crippen molar-refractivity contribution < 1.29 is 14.6 Å². The molecule has 0 bridgehead atoms. The van der Waals surface area contributed by atoms with Crippen LogP contribution < -0.4 is 14.9 Å². The van der Waals surface area contributed by atoms with Gasteiger partial charge < -0.3 is 14.6 Å². The largest absolute Gasteiger partial charge is 0.504 e. The topological polar surface area (TPSA) is 76.0 Å². The lowest BCUT2D eigenvalue weighted by Gasteiger charge is -2.05. The van der Waals surface area contributed by atoms with Gasteiger partial charge in [-0.1, -0.05) is 0 Å². The van der Waals surface area contributed by atoms with E-state index in [1.54, 1.807) is 31.5 Å². The first-order chi connectivity index (χ1) is 12.7. The Morgan fingerprint density at radius 3 is 2.77 bits per heavy atom. The molecule has 26 heavy (non-hydrogen) atoms. The first kappa shape index (κ1) is 17.8.